The van der Waals surface area contributed by atoms with Crippen LogP contribution in [0.15, 0.2) is 60.3 Å². The van der Waals surface area contributed by atoms with E-state index in [-0.39, 0.29) is 30.1 Å². The maximum atomic E-state index is 13.8. The number of carbonyl (C=O) groups is 2. The molecule has 0 bridgehead atoms. The van der Waals surface area contributed by atoms with Gasteiger partial charge in [-0.05, 0) is 68.3 Å². The zero-order valence-corrected chi connectivity index (χ0v) is 18.9. The molecule has 0 saturated carbocycles. The summed E-state index contributed by atoms with van der Waals surface area (Å²) in [5, 5.41) is 2.67. The second kappa shape index (κ2) is 9.32. The molecule has 1 fully saturated rings. The molecule has 0 atom stereocenters. The number of aromatic nitrogens is 1. The van der Waals surface area contributed by atoms with Crippen molar-refractivity contribution in [2.45, 2.75) is 33.8 Å². The first-order valence-electron chi connectivity index (χ1n) is 10.9. The minimum absolute atomic E-state index is 0.153. The van der Waals surface area contributed by atoms with Crippen molar-refractivity contribution in [3.63, 3.8) is 0 Å². The number of hydrogen-bond acceptors (Lipinski definition) is 3. The fourth-order valence-corrected chi connectivity index (χ4v) is 3.95. The molecule has 0 unspecified atom stereocenters. The van der Waals surface area contributed by atoms with Gasteiger partial charge in [0.2, 0.25) is 0 Å². The molecule has 4 rings (SSSR count). The highest BCUT2D eigenvalue weighted by molar-refractivity contribution is 6.14. The minimum Gasteiger partial charge on any atom is -0.489 e. The number of aryl methyl sites for hydroxylation is 1. The van der Waals surface area contributed by atoms with Crippen LogP contribution in [0.3, 0.4) is 0 Å². The zero-order valence-electron chi connectivity index (χ0n) is 18.9. The summed E-state index contributed by atoms with van der Waals surface area (Å²) in [6.45, 7) is 6.42. The molecule has 3 aromatic rings. The quantitative estimate of drug-likeness (QED) is 0.404. The van der Waals surface area contributed by atoms with Crippen LogP contribution in [0.1, 0.15) is 35.9 Å². The molecule has 1 saturated heterocycles. The molecule has 6 nitrogen and oxygen atoms in total. The van der Waals surface area contributed by atoms with Gasteiger partial charge >= 0.3 is 6.03 Å². The van der Waals surface area contributed by atoms with Gasteiger partial charge in [0.15, 0.2) is 0 Å². The summed E-state index contributed by atoms with van der Waals surface area (Å²) in [6, 6.07) is 15.7. The lowest BCUT2D eigenvalue weighted by atomic mass is 10.2. The van der Waals surface area contributed by atoms with Gasteiger partial charge in [-0.3, -0.25) is 9.69 Å². The Morgan fingerprint density at radius 3 is 2.48 bits per heavy atom. The molecule has 2 aromatic carbocycles. The van der Waals surface area contributed by atoms with E-state index in [2.05, 4.69) is 9.88 Å². The fourth-order valence-electron chi connectivity index (χ4n) is 3.95. The smallest absolute Gasteiger partial charge is 0.329 e. The molecule has 0 aliphatic carbocycles. The summed E-state index contributed by atoms with van der Waals surface area (Å²) in [5.41, 5.74) is 4.50. The molecule has 1 aromatic heterocycles. The Bertz CT molecular complexity index is 1230. The molecule has 0 radical (unpaired) electrons. The number of rotatable bonds is 7. The first-order valence-corrected chi connectivity index (χ1v) is 10.9. The molecular weight excluding hydrogens is 421 g/mol. The second-order valence-corrected chi connectivity index (χ2v) is 7.98. The third-order valence-corrected chi connectivity index (χ3v) is 5.63. The number of carbonyl (C=O) groups excluding carboxylic acids is 2. The van der Waals surface area contributed by atoms with Gasteiger partial charge < -0.3 is 14.6 Å². The van der Waals surface area contributed by atoms with Gasteiger partial charge in [-0.1, -0.05) is 25.1 Å². The molecular formula is C26H26FN3O3. The highest BCUT2D eigenvalue weighted by Gasteiger charge is 2.32. The number of hydrogen-bond donors (Lipinski definition) is 1. The monoisotopic (exact) mass is 447 g/mol. The van der Waals surface area contributed by atoms with E-state index in [1.807, 2.05) is 51.1 Å². The average molecular weight is 448 g/mol. The maximum Gasteiger partial charge on any atom is 0.329 e. The molecule has 33 heavy (non-hydrogen) atoms. The van der Waals surface area contributed by atoms with Crippen molar-refractivity contribution in [2.75, 3.05) is 6.54 Å². The van der Waals surface area contributed by atoms with E-state index in [4.69, 9.17) is 4.74 Å². The molecule has 2 heterocycles. The number of amides is 3. The van der Waals surface area contributed by atoms with Gasteiger partial charge in [-0.25, -0.2) is 9.18 Å². The molecule has 170 valence electrons. The van der Waals surface area contributed by atoms with Gasteiger partial charge in [0.25, 0.3) is 5.91 Å². The number of urea groups is 1. The van der Waals surface area contributed by atoms with Crippen molar-refractivity contribution < 1.29 is 18.7 Å². The lowest BCUT2D eigenvalue weighted by Crippen LogP contribution is -2.31. The van der Waals surface area contributed by atoms with Crippen molar-refractivity contribution in [3.05, 3.63) is 88.6 Å². The normalized spacial score (nSPS) is 14.8. The van der Waals surface area contributed by atoms with Crippen molar-refractivity contribution in [2.24, 2.45) is 0 Å². The van der Waals surface area contributed by atoms with Crippen molar-refractivity contribution in [3.8, 4) is 11.4 Å². The van der Waals surface area contributed by atoms with Crippen LogP contribution in [-0.4, -0.2) is 28.0 Å². The lowest BCUT2D eigenvalue weighted by Gasteiger charge is -2.12. The Morgan fingerprint density at radius 2 is 1.79 bits per heavy atom. The topological polar surface area (TPSA) is 63.6 Å². The largest absolute Gasteiger partial charge is 0.489 e. The van der Waals surface area contributed by atoms with Gasteiger partial charge in [-0.2, -0.15) is 0 Å². The van der Waals surface area contributed by atoms with E-state index < -0.39 is 0 Å². The summed E-state index contributed by atoms with van der Waals surface area (Å²) >= 11 is 0. The van der Waals surface area contributed by atoms with Crippen LogP contribution in [0, 0.1) is 19.7 Å². The Balaban J connectivity index is 1.53. The average Bonchev–Trinajstić information content (AvgIpc) is 3.23. The van der Waals surface area contributed by atoms with Gasteiger partial charge in [0.05, 0.1) is 0 Å². The number of benzene rings is 2. The molecule has 7 heteroatoms. The third kappa shape index (κ3) is 4.53. The van der Waals surface area contributed by atoms with Gasteiger partial charge in [0, 0.05) is 29.2 Å². The molecule has 1 N–H and O–H groups in total. The van der Waals surface area contributed by atoms with Crippen LogP contribution in [0.4, 0.5) is 9.18 Å². The standard InChI is InChI=1S/C26H26FN3O3/c1-4-13-29-25(31)24(28-26(29)32)15-20-14-17(2)30(18(20)3)21-9-11-22(12-10-21)33-16-19-7-5-6-8-23(19)27/h5-12,14-15H,4,13,16H2,1-3H3,(H,28,32)/b24-15+. The first-order chi connectivity index (χ1) is 15.9. The SMILES string of the molecule is CCCN1C(=O)N/C(=C/c2cc(C)n(-c3ccc(OCc4ccccc4F)cc3)c2C)C1=O. The Labute approximate surface area is 192 Å². The summed E-state index contributed by atoms with van der Waals surface area (Å²) in [4.78, 5) is 25.8. The van der Waals surface area contributed by atoms with Crippen LogP contribution < -0.4 is 10.1 Å². The van der Waals surface area contributed by atoms with Crippen molar-refractivity contribution in [1.82, 2.24) is 14.8 Å². The maximum absolute atomic E-state index is 13.8. The predicted molar refractivity (Wildman–Crippen MR) is 124 cm³/mol. The summed E-state index contributed by atoms with van der Waals surface area (Å²) in [7, 11) is 0. The summed E-state index contributed by atoms with van der Waals surface area (Å²) in [5.74, 6) is 0.0502. The van der Waals surface area contributed by atoms with E-state index in [1.54, 1.807) is 24.3 Å². The Hall–Kier alpha value is -3.87. The van der Waals surface area contributed by atoms with Crippen LogP contribution in [0.2, 0.25) is 0 Å². The highest BCUT2D eigenvalue weighted by Crippen LogP contribution is 2.25. The molecule has 1 aliphatic heterocycles. The molecule has 0 spiro atoms. The molecule has 3 amide bonds. The van der Waals surface area contributed by atoms with Crippen molar-refractivity contribution in [1.29, 1.82) is 0 Å². The van der Waals surface area contributed by atoms with E-state index in [9.17, 15) is 14.0 Å². The second-order valence-electron chi connectivity index (χ2n) is 7.98. The zero-order chi connectivity index (χ0) is 23.5. The van der Waals surface area contributed by atoms with Crippen LogP contribution in [-0.2, 0) is 11.4 Å². The highest BCUT2D eigenvalue weighted by atomic mass is 19.1. The number of halogens is 1. The minimum atomic E-state index is -0.382. The van der Waals surface area contributed by atoms with E-state index in [0.29, 0.717) is 24.3 Å². The number of nitrogens with zero attached hydrogens (tertiary/aromatic N) is 2. The van der Waals surface area contributed by atoms with E-state index in [1.165, 1.54) is 11.0 Å². The predicted octanol–water partition coefficient (Wildman–Crippen LogP) is 5.11. The Kier molecular flexibility index (Phi) is 6.31. The van der Waals surface area contributed by atoms with Crippen LogP contribution in [0.5, 0.6) is 5.75 Å². The van der Waals surface area contributed by atoms with E-state index >= 15 is 0 Å². The van der Waals surface area contributed by atoms with Crippen LogP contribution >= 0.6 is 0 Å². The first kappa shape index (κ1) is 22.3. The summed E-state index contributed by atoms with van der Waals surface area (Å²) in [6.07, 6.45) is 2.43. The lowest BCUT2D eigenvalue weighted by molar-refractivity contribution is -0.122. The molecule has 1 aliphatic rings. The third-order valence-electron chi connectivity index (χ3n) is 5.63. The van der Waals surface area contributed by atoms with Gasteiger partial charge in [-0.15, -0.1) is 0 Å². The van der Waals surface area contributed by atoms with Crippen molar-refractivity contribution >= 4 is 18.0 Å². The van der Waals surface area contributed by atoms with Gasteiger partial charge in [0.1, 0.15) is 23.9 Å². The summed E-state index contributed by atoms with van der Waals surface area (Å²) < 4.78 is 21.6. The number of nitrogens with one attached hydrogen (secondary N) is 1. The number of imide groups is 1. The van der Waals surface area contributed by atoms with Crippen LogP contribution in [0.25, 0.3) is 11.8 Å². The Morgan fingerprint density at radius 1 is 1.06 bits per heavy atom. The van der Waals surface area contributed by atoms with E-state index in [0.717, 1.165) is 22.6 Å². The number of ether oxygens (including phenoxy) is 1. The fraction of sp³-hybridized carbons (Fsp3) is 0.231.